The van der Waals surface area contributed by atoms with Crippen molar-refractivity contribution in [1.29, 1.82) is 0 Å². The molecule has 0 bridgehead atoms. The molecule has 1 atom stereocenters. The smallest absolute Gasteiger partial charge is 0.329 e. The Morgan fingerprint density at radius 1 is 0.968 bits per heavy atom. The number of hydrogen-bond donors (Lipinski definition) is 2. The number of rotatable bonds is 6. The summed E-state index contributed by atoms with van der Waals surface area (Å²) >= 11 is 0. The third-order valence-corrected chi connectivity index (χ3v) is 5.04. The molecule has 0 spiro atoms. The minimum absolute atomic E-state index is 0.295. The van der Waals surface area contributed by atoms with E-state index in [1.54, 1.807) is 55.6 Å². The fourth-order valence-electron chi connectivity index (χ4n) is 3.40. The van der Waals surface area contributed by atoms with Crippen LogP contribution in [0.3, 0.4) is 0 Å². The van der Waals surface area contributed by atoms with Crippen LogP contribution in [-0.4, -0.2) is 31.0 Å². The topological polar surface area (TPSA) is 87.7 Å². The summed E-state index contributed by atoms with van der Waals surface area (Å²) in [5.41, 5.74) is 2.42. The lowest BCUT2D eigenvalue weighted by atomic mass is 10.1. The molecule has 1 aliphatic heterocycles. The number of benzene rings is 3. The number of nitrogens with one attached hydrogen (secondary N) is 2. The Labute approximate surface area is 179 Å². The average molecular weight is 415 g/mol. The van der Waals surface area contributed by atoms with Crippen molar-refractivity contribution in [2.75, 3.05) is 17.3 Å². The highest BCUT2D eigenvalue weighted by Crippen LogP contribution is 2.22. The van der Waals surface area contributed by atoms with Gasteiger partial charge in [0.25, 0.3) is 11.8 Å². The number of nitrogens with zero attached hydrogens (tertiary/aromatic N) is 1. The van der Waals surface area contributed by atoms with Gasteiger partial charge in [-0.1, -0.05) is 30.3 Å². The molecule has 3 aromatic rings. The summed E-state index contributed by atoms with van der Waals surface area (Å²) in [5.74, 6) is 0.0848. The lowest BCUT2D eigenvalue weighted by molar-refractivity contribution is -0.118. The first kappa shape index (κ1) is 20.2. The van der Waals surface area contributed by atoms with E-state index in [2.05, 4.69) is 10.6 Å². The monoisotopic (exact) mass is 415 g/mol. The molecule has 0 unspecified atom stereocenters. The second kappa shape index (κ2) is 8.71. The SMILES string of the molecule is COc1ccc(NC(=O)c2ccc(N3C(=O)N[C@@H](Cc4ccccc4)C3=O)cc2)cc1. The summed E-state index contributed by atoms with van der Waals surface area (Å²) in [7, 11) is 1.57. The highest BCUT2D eigenvalue weighted by atomic mass is 16.5. The molecule has 0 saturated carbocycles. The summed E-state index contributed by atoms with van der Waals surface area (Å²) in [4.78, 5) is 38.8. The van der Waals surface area contributed by atoms with Gasteiger partial charge in [-0.25, -0.2) is 9.69 Å². The van der Waals surface area contributed by atoms with E-state index in [0.29, 0.717) is 29.1 Å². The van der Waals surface area contributed by atoms with Crippen LogP contribution in [0.5, 0.6) is 5.75 Å². The van der Waals surface area contributed by atoms with Crippen molar-refractivity contribution in [3.8, 4) is 5.75 Å². The van der Waals surface area contributed by atoms with Gasteiger partial charge in [-0.3, -0.25) is 9.59 Å². The van der Waals surface area contributed by atoms with Crippen molar-refractivity contribution < 1.29 is 19.1 Å². The highest BCUT2D eigenvalue weighted by molar-refractivity contribution is 6.21. The molecule has 0 aliphatic carbocycles. The van der Waals surface area contributed by atoms with Crippen LogP contribution >= 0.6 is 0 Å². The number of carbonyl (C=O) groups is 3. The van der Waals surface area contributed by atoms with Gasteiger partial charge < -0.3 is 15.4 Å². The van der Waals surface area contributed by atoms with Crippen molar-refractivity contribution in [3.05, 3.63) is 90.0 Å². The maximum absolute atomic E-state index is 12.8. The van der Waals surface area contributed by atoms with E-state index in [0.717, 1.165) is 10.5 Å². The molecular formula is C24H21N3O4. The van der Waals surface area contributed by atoms with E-state index in [1.807, 2.05) is 30.3 Å². The predicted molar refractivity (Wildman–Crippen MR) is 117 cm³/mol. The van der Waals surface area contributed by atoms with E-state index in [1.165, 1.54) is 0 Å². The molecule has 1 saturated heterocycles. The molecular weight excluding hydrogens is 394 g/mol. The van der Waals surface area contributed by atoms with E-state index in [-0.39, 0.29) is 11.8 Å². The zero-order valence-corrected chi connectivity index (χ0v) is 16.9. The molecule has 1 aliphatic rings. The molecule has 31 heavy (non-hydrogen) atoms. The third-order valence-electron chi connectivity index (χ3n) is 5.04. The fourth-order valence-corrected chi connectivity index (χ4v) is 3.40. The first-order chi connectivity index (χ1) is 15.0. The van der Waals surface area contributed by atoms with Crippen LogP contribution in [0.4, 0.5) is 16.2 Å². The highest BCUT2D eigenvalue weighted by Gasteiger charge is 2.38. The summed E-state index contributed by atoms with van der Waals surface area (Å²) in [5, 5.41) is 5.52. The van der Waals surface area contributed by atoms with Crippen LogP contribution in [0.15, 0.2) is 78.9 Å². The van der Waals surface area contributed by atoms with Gasteiger partial charge in [0.05, 0.1) is 12.8 Å². The Morgan fingerprint density at radius 2 is 1.65 bits per heavy atom. The van der Waals surface area contributed by atoms with E-state index in [4.69, 9.17) is 4.74 Å². The first-order valence-corrected chi connectivity index (χ1v) is 9.79. The molecule has 1 heterocycles. The van der Waals surface area contributed by atoms with E-state index < -0.39 is 12.1 Å². The molecule has 2 N–H and O–H groups in total. The number of amides is 4. The van der Waals surface area contributed by atoms with Crippen molar-refractivity contribution in [2.45, 2.75) is 12.5 Å². The lowest BCUT2D eigenvalue weighted by Crippen LogP contribution is -2.32. The zero-order chi connectivity index (χ0) is 21.8. The van der Waals surface area contributed by atoms with Crippen LogP contribution in [0.1, 0.15) is 15.9 Å². The van der Waals surface area contributed by atoms with Gasteiger partial charge in [-0.2, -0.15) is 0 Å². The molecule has 4 amide bonds. The van der Waals surface area contributed by atoms with Crippen molar-refractivity contribution in [3.63, 3.8) is 0 Å². The second-order valence-corrected chi connectivity index (χ2v) is 7.09. The number of hydrogen-bond acceptors (Lipinski definition) is 4. The molecule has 0 aromatic heterocycles. The Morgan fingerprint density at radius 3 is 2.29 bits per heavy atom. The summed E-state index contributed by atoms with van der Waals surface area (Å²) < 4.78 is 5.10. The van der Waals surface area contributed by atoms with Crippen LogP contribution in [-0.2, 0) is 11.2 Å². The third kappa shape index (κ3) is 4.40. The normalized spacial score (nSPS) is 15.5. The second-order valence-electron chi connectivity index (χ2n) is 7.09. The van der Waals surface area contributed by atoms with Crippen LogP contribution in [0.2, 0.25) is 0 Å². The molecule has 4 rings (SSSR count). The van der Waals surface area contributed by atoms with Crippen LogP contribution in [0.25, 0.3) is 0 Å². The van der Waals surface area contributed by atoms with E-state index >= 15 is 0 Å². The Kier molecular flexibility index (Phi) is 5.66. The number of methoxy groups -OCH3 is 1. The molecule has 156 valence electrons. The van der Waals surface area contributed by atoms with Crippen molar-refractivity contribution in [1.82, 2.24) is 5.32 Å². The lowest BCUT2D eigenvalue weighted by Gasteiger charge is -2.14. The van der Waals surface area contributed by atoms with Crippen molar-refractivity contribution >= 4 is 29.2 Å². The zero-order valence-electron chi connectivity index (χ0n) is 16.9. The van der Waals surface area contributed by atoms with Gasteiger partial charge in [0.15, 0.2) is 0 Å². The number of urea groups is 1. The van der Waals surface area contributed by atoms with Gasteiger partial charge in [0.1, 0.15) is 11.8 Å². The largest absolute Gasteiger partial charge is 0.497 e. The van der Waals surface area contributed by atoms with Gasteiger partial charge in [-0.05, 0) is 54.1 Å². The minimum Gasteiger partial charge on any atom is -0.497 e. The number of carbonyl (C=O) groups excluding carboxylic acids is 3. The molecule has 3 aromatic carbocycles. The first-order valence-electron chi connectivity index (χ1n) is 9.79. The Balaban J connectivity index is 1.43. The van der Waals surface area contributed by atoms with Crippen molar-refractivity contribution in [2.24, 2.45) is 0 Å². The summed E-state index contributed by atoms with van der Waals surface area (Å²) in [6.45, 7) is 0. The number of imide groups is 1. The Hall–Kier alpha value is -4.13. The predicted octanol–water partition coefficient (Wildman–Crippen LogP) is 3.62. The molecule has 7 nitrogen and oxygen atoms in total. The van der Waals surface area contributed by atoms with Gasteiger partial charge in [0, 0.05) is 17.7 Å². The summed E-state index contributed by atoms with van der Waals surface area (Å²) in [6, 6.07) is 21.8. The molecule has 1 fully saturated rings. The Bertz CT molecular complexity index is 1100. The maximum Gasteiger partial charge on any atom is 0.329 e. The summed E-state index contributed by atoms with van der Waals surface area (Å²) in [6.07, 6.45) is 0.421. The van der Waals surface area contributed by atoms with E-state index in [9.17, 15) is 14.4 Å². The quantitative estimate of drug-likeness (QED) is 0.602. The maximum atomic E-state index is 12.8. The number of anilines is 2. The number of ether oxygens (including phenoxy) is 1. The molecule has 0 radical (unpaired) electrons. The van der Waals surface area contributed by atoms with Gasteiger partial charge in [0.2, 0.25) is 0 Å². The average Bonchev–Trinajstić information content (AvgIpc) is 3.07. The van der Waals surface area contributed by atoms with Gasteiger partial charge >= 0.3 is 6.03 Å². The van der Waals surface area contributed by atoms with Crippen LogP contribution in [0, 0.1) is 0 Å². The molecule has 7 heteroatoms. The van der Waals surface area contributed by atoms with Gasteiger partial charge in [-0.15, -0.1) is 0 Å². The fraction of sp³-hybridized carbons (Fsp3) is 0.125. The standard InChI is InChI=1S/C24H21N3O4/c1-31-20-13-9-18(10-14-20)25-22(28)17-7-11-19(12-8-17)27-23(29)21(26-24(27)30)15-16-5-3-2-4-6-16/h2-14,21H,15H2,1H3,(H,25,28)(H,26,30)/t21-/m0/s1. The van der Waals surface area contributed by atoms with Crippen LogP contribution < -0.4 is 20.3 Å². The minimum atomic E-state index is -0.618.